The highest BCUT2D eigenvalue weighted by atomic mass is 16.5. The summed E-state index contributed by atoms with van der Waals surface area (Å²) in [5.74, 6) is 0.816. The molecule has 3 N–H and O–H groups in total. The number of benzene rings is 2. The topological polar surface area (TPSA) is 55.5 Å². The molecule has 0 bridgehead atoms. The monoisotopic (exact) mass is 257 g/mol. The second-order valence-corrected chi connectivity index (χ2v) is 4.45. The third-order valence-electron chi connectivity index (χ3n) is 2.92. The lowest BCUT2D eigenvalue weighted by Crippen LogP contribution is -1.97. The lowest BCUT2D eigenvalue weighted by atomic mass is 9.99. The highest BCUT2D eigenvalue weighted by molar-refractivity contribution is 5.71. The zero-order valence-corrected chi connectivity index (χ0v) is 11.1. The number of ether oxygens (including phenoxy) is 1. The Morgan fingerprint density at radius 1 is 1.16 bits per heavy atom. The van der Waals surface area contributed by atoms with Crippen LogP contribution in [0.25, 0.3) is 11.1 Å². The van der Waals surface area contributed by atoms with Crippen LogP contribution in [-0.2, 0) is 6.61 Å². The zero-order valence-electron chi connectivity index (χ0n) is 11.1. The molecule has 2 aromatic rings. The van der Waals surface area contributed by atoms with Gasteiger partial charge in [-0.05, 0) is 47.4 Å². The van der Waals surface area contributed by atoms with Gasteiger partial charge in [0.2, 0.25) is 0 Å². The minimum atomic E-state index is -0.00180. The summed E-state index contributed by atoms with van der Waals surface area (Å²) in [6.07, 6.45) is 0.968. The van der Waals surface area contributed by atoms with Crippen LogP contribution >= 0.6 is 0 Å². The number of hydrogen-bond acceptors (Lipinski definition) is 3. The molecule has 0 aliphatic heterocycles. The molecular formula is C16H19NO2. The van der Waals surface area contributed by atoms with Crippen molar-refractivity contribution < 1.29 is 9.84 Å². The molecule has 0 aromatic heterocycles. The molecule has 0 saturated carbocycles. The Bertz CT molecular complexity index is 552. The van der Waals surface area contributed by atoms with E-state index in [4.69, 9.17) is 10.5 Å². The first-order chi connectivity index (χ1) is 9.24. The predicted octanol–water partition coefficient (Wildman–Crippen LogP) is 3.22. The quantitative estimate of drug-likeness (QED) is 0.809. The van der Waals surface area contributed by atoms with Gasteiger partial charge in [0.05, 0.1) is 13.2 Å². The SMILES string of the molecule is CCCOc1ccc(CO)c(-c2cccc(N)c2)c1. The molecule has 0 aliphatic carbocycles. The normalized spacial score (nSPS) is 10.4. The van der Waals surface area contributed by atoms with E-state index >= 15 is 0 Å². The minimum absolute atomic E-state index is 0.00180. The number of anilines is 1. The molecule has 3 nitrogen and oxygen atoms in total. The van der Waals surface area contributed by atoms with Crippen LogP contribution in [0, 0.1) is 0 Å². The van der Waals surface area contributed by atoms with E-state index < -0.39 is 0 Å². The summed E-state index contributed by atoms with van der Waals surface area (Å²) in [7, 11) is 0. The molecule has 0 heterocycles. The Labute approximate surface area is 113 Å². The maximum absolute atomic E-state index is 9.44. The summed E-state index contributed by atoms with van der Waals surface area (Å²) >= 11 is 0. The number of nitrogen functional groups attached to an aromatic ring is 1. The number of rotatable bonds is 5. The third kappa shape index (κ3) is 3.26. The first-order valence-electron chi connectivity index (χ1n) is 6.47. The average molecular weight is 257 g/mol. The summed E-state index contributed by atoms with van der Waals surface area (Å²) in [5.41, 5.74) is 9.34. The molecule has 0 unspecified atom stereocenters. The molecule has 0 aliphatic rings. The van der Waals surface area contributed by atoms with Crippen molar-refractivity contribution in [2.24, 2.45) is 0 Å². The standard InChI is InChI=1S/C16H19NO2/c1-2-8-19-15-7-6-13(11-18)16(10-15)12-4-3-5-14(17)9-12/h3-7,9-10,18H,2,8,11,17H2,1H3. The Hall–Kier alpha value is -2.00. The van der Waals surface area contributed by atoms with E-state index in [1.54, 1.807) is 0 Å². The summed E-state index contributed by atoms with van der Waals surface area (Å²) < 4.78 is 5.63. The Kier molecular flexibility index (Phi) is 4.42. The second-order valence-electron chi connectivity index (χ2n) is 4.45. The Morgan fingerprint density at radius 3 is 2.68 bits per heavy atom. The highest BCUT2D eigenvalue weighted by Gasteiger charge is 2.07. The van der Waals surface area contributed by atoms with E-state index in [0.717, 1.165) is 28.9 Å². The smallest absolute Gasteiger partial charge is 0.119 e. The molecule has 0 spiro atoms. The van der Waals surface area contributed by atoms with Gasteiger partial charge in [-0.25, -0.2) is 0 Å². The molecule has 0 fully saturated rings. The van der Waals surface area contributed by atoms with Gasteiger partial charge >= 0.3 is 0 Å². The molecule has 0 amide bonds. The lowest BCUT2D eigenvalue weighted by Gasteiger charge is -2.12. The van der Waals surface area contributed by atoms with Crippen LogP contribution in [0.4, 0.5) is 5.69 Å². The maximum atomic E-state index is 9.44. The number of aliphatic hydroxyl groups excluding tert-OH is 1. The molecule has 0 radical (unpaired) electrons. The lowest BCUT2D eigenvalue weighted by molar-refractivity contribution is 0.281. The predicted molar refractivity (Wildman–Crippen MR) is 78.0 cm³/mol. The van der Waals surface area contributed by atoms with E-state index in [2.05, 4.69) is 6.92 Å². The van der Waals surface area contributed by atoms with Crippen LogP contribution in [0.2, 0.25) is 0 Å². The van der Waals surface area contributed by atoms with Crippen molar-refractivity contribution in [1.82, 2.24) is 0 Å². The number of hydrogen-bond donors (Lipinski definition) is 2. The van der Waals surface area contributed by atoms with Crippen molar-refractivity contribution in [3.63, 3.8) is 0 Å². The van der Waals surface area contributed by atoms with Gasteiger partial charge in [0, 0.05) is 5.69 Å². The van der Waals surface area contributed by atoms with Crippen LogP contribution in [0.3, 0.4) is 0 Å². The minimum Gasteiger partial charge on any atom is -0.494 e. The van der Waals surface area contributed by atoms with Crippen molar-refractivity contribution in [2.75, 3.05) is 12.3 Å². The van der Waals surface area contributed by atoms with Crippen LogP contribution in [-0.4, -0.2) is 11.7 Å². The van der Waals surface area contributed by atoms with Crippen LogP contribution < -0.4 is 10.5 Å². The molecule has 0 atom stereocenters. The summed E-state index contributed by atoms with van der Waals surface area (Å²) in [6.45, 7) is 2.76. The van der Waals surface area contributed by atoms with Gasteiger partial charge in [0.1, 0.15) is 5.75 Å². The zero-order chi connectivity index (χ0) is 13.7. The van der Waals surface area contributed by atoms with E-state index in [0.29, 0.717) is 12.3 Å². The van der Waals surface area contributed by atoms with Crippen molar-refractivity contribution in [1.29, 1.82) is 0 Å². The van der Waals surface area contributed by atoms with Crippen molar-refractivity contribution in [3.8, 4) is 16.9 Å². The van der Waals surface area contributed by atoms with Gasteiger partial charge in [-0.1, -0.05) is 25.1 Å². The number of aliphatic hydroxyl groups is 1. The molecule has 0 saturated heterocycles. The van der Waals surface area contributed by atoms with E-state index in [1.807, 2.05) is 42.5 Å². The molecular weight excluding hydrogens is 238 g/mol. The van der Waals surface area contributed by atoms with Crippen LogP contribution in [0.15, 0.2) is 42.5 Å². The largest absolute Gasteiger partial charge is 0.494 e. The van der Waals surface area contributed by atoms with Crippen LogP contribution in [0.5, 0.6) is 5.75 Å². The molecule has 3 heteroatoms. The van der Waals surface area contributed by atoms with E-state index in [9.17, 15) is 5.11 Å². The van der Waals surface area contributed by atoms with Gasteiger partial charge < -0.3 is 15.6 Å². The average Bonchev–Trinajstić information content (AvgIpc) is 2.45. The first-order valence-corrected chi connectivity index (χ1v) is 6.47. The van der Waals surface area contributed by atoms with Crippen molar-refractivity contribution >= 4 is 5.69 Å². The summed E-state index contributed by atoms with van der Waals surface area (Å²) in [4.78, 5) is 0. The fourth-order valence-electron chi connectivity index (χ4n) is 1.98. The second kappa shape index (κ2) is 6.25. The first kappa shape index (κ1) is 13.4. The molecule has 19 heavy (non-hydrogen) atoms. The van der Waals surface area contributed by atoms with E-state index in [-0.39, 0.29) is 6.61 Å². The van der Waals surface area contributed by atoms with Gasteiger partial charge in [0.15, 0.2) is 0 Å². The Morgan fingerprint density at radius 2 is 2.00 bits per heavy atom. The molecule has 2 rings (SSSR count). The fraction of sp³-hybridized carbons (Fsp3) is 0.250. The van der Waals surface area contributed by atoms with Crippen LogP contribution in [0.1, 0.15) is 18.9 Å². The van der Waals surface area contributed by atoms with E-state index in [1.165, 1.54) is 0 Å². The number of nitrogens with two attached hydrogens (primary N) is 1. The highest BCUT2D eigenvalue weighted by Crippen LogP contribution is 2.29. The molecule has 100 valence electrons. The van der Waals surface area contributed by atoms with Gasteiger partial charge in [-0.2, -0.15) is 0 Å². The summed E-state index contributed by atoms with van der Waals surface area (Å²) in [6, 6.07) is 13.4. The maximum Gasteiger partial charge on any atom is 0.119 e. The third-order valence-corrected chi connectivity index (χ3v) is 2.92. The fourth-order valence-corrected chi connectivity index (χ4v) is 1.98. The van der Waals surface area contributed by atoms with Gasteiger partial charge in [0.25, 0.3) is 0 Å². The molecule has 2 aromatic carbocycles. The van der Waals surface area contributed by atoms with Crippen molar-refractivity contribution in [3.05, 3.63) is 48.0 Å². The van der Waals surface area contributed by atoms with Crippen molar-refractivity contribution in [2.45, 2.75) is 20.0 Å². The summed E-state index contributed by atoms with van der Waals surface area (Å²) in [5, 5.41) is 9.44. The Balaban J connectivity index is 2.41. The van der Waals surface area contributed by atoms with Gasteiger partial charge in [-0.3, -0.25) is 0 Å². The van der Waals surface area contributed by atoms with Gasteiger partial charge in [-0.15, -0.1) is 0 Å².